The summed E-state index contributed by atoms with van der Waals surface area (Å²) in [6.45, 7) is 5.93. The molecule has 0 bridgehead atoms. The molecule has 2 heterocycles. The SMILES string of the molecule is CC(=O)N[C@@H](C)c1ccc(OC2CCN(c3cnc(OCC4CC4)nc3)C2)cc1. The van der Waals surface area contributed by atoms with E-state index >= 15 is 0 Å². The molecule has 1 amide bonds. The van der Waals surface area contributed by atoms with E-state index in [-0.39, 0.29) is 18.1 Å². The summed E-state index contributed by atoms with van der Waals surface area (Å²) in [5, 5.41) is 2.89. The highest BCUT2D eigenvalue weighted by Crippen LogP contribution is 2.29. The Morgan fingerprint density at radius 1 is 1.21 bits per heavy atom. The van der Waals surface area contributed by atoms with Crippen molar-refractivity contribution < 1.29 is 14.3 Å². The smallest absolute Gasteiger partial charge is 0.316 e. The summed E-state index contributed by atoms with van der Waals surface area (Å²) in [5.74, 6) is 1.50. The number of carbonyl (C=O) groups excluding carboxylic acids is 1. The fraction of sp³-hybridized carbons (Fsp3) is 0.500. The van der Waals surface area contributed by atoms with Crippen LogP contribution in [0.5, 0.6) is 11.8 Å². The van der Waals surface area contributed by atoms with Gasteiger partial charge < -0.3 is 19.7 Å². The Hall–Kier alpha value is -2.83. The van der Waals surface area contributed by atoms with Crippen LogP contribution < -0.4 is 19.7 Å². The minimum atomic E-state index is -0.0321. The summed E-state index contributed by atoms with van der Waals surface area (Å²) in [7, 11) is 0. The van der Waals surface area contributed by atoms with Crippen molar-refractivity contribution in [2.24, 2.45) is 5.92 Å². The first-order valence-electron chi connectivity index (χ1n) is 10.3. The number of rotatable bonds is 8. The van der Waals surface area contributed by atoms with Crippen molar-refractivity contribution in [2.75, 3.05) is 24.6 Å². The lowest BCUT2D eigenvalue weighted by Crippen LogP contribution is -2.25. The molecule has 4 rings (SSSR count). The number of hydrogen-bond donors (Lipinski definition) is 1. The molecule has 2 aromatic rings. The van der Waals surface area contributed by atoms with Crippen LogP contribution in [0.3, 0.4) is 0 Å². The van der Waals surface area contributed by atoms with Crippen LogP contribution in [0.25, 0.3) is 0 Å². The van der Waals surface area contributed by atoms with E-state index in [1.807, 2.05) is 43.6 Å². The monoisotopic (exact) mass is 396 g/mol. The lowest BCUT2D eigenvalue weighted by atomic mass is 10.1. The molecule has 2 fully saturated rings. The summed E-state index contributed by atoms with van der Waals surface area (Å²) < 4.78 is 11.8. The molecule has 0 radical (unpaired) electrons. The summed E-state index contributed by atoms with van der Waals surface area (Å²) >= 11 is 0. The minimum Gasteiger partial charge on any atom is -0.489 e. The Morgan fingerprint density at radius 3 is 2.59 bits per heavy atom. The Labute approximate surface area is 171 Å². The molecule has 0 spiro atoms. The zero-order valence-electron chi connectivity index (χ0n) is 17.0. The van der Waals surface area contributed by atoms with Gasteiger partial charge in [0.1, 0.15) is 11.9 Å². The topological polar surface area (TPSA) is 76.6 Å². The Balaban J connectivity index is 1.27. The van der Waals surface area contributed by atoms with Crippen LogP contribution in [0, 0.1) is 5.92 Å². The second-order valence-electron chi connectivity index (χ2n) is 7.94. The van der Waals surface area contributed by atoms with Crippen molar-refractivity contribution in [3.05, 3.63) is 42.2 Å². The van der Waals surface area contributed by atoms with Gasteiger partial charge in [-0.25, -0.2) is 9.97 Å². The van der Waals surface area contributed by atoms with Crippen molar-refractivity contribution in [2.45, 2.75) is 45.3 Å². The Morgan fingerprint density at radius 2 is 1.93 bits per heavy atom. The largest absolute Gasteiger partial charge is 0.489 e. The first kappa shape index (κ1) is 19.5. The number of nitrogens with zero attached hydrogens (tertiary/aromatic N) is 3. The average Bonchev–Trinajstić information content (AvgIpc) is 3.44. The fourth-order valence-electron chi connectivity index (χ4n) is 3.50. The molecule has 29 heavy (non-hydrogen) atoms. The maximum absolute atomic E-state index is 11.2. The maximum atomic E-state index is 11.2. The third-order valence-corrected chi connectivity index (χ3v) is 5.37. The van der Waals surface area contributed by atoms with Gasteiger partial charge in [0, 0.05) is 19.9 Å². The molecule has 1 N–H and O–H groups in total. The number of benzene rings is 1. The average molecular weight is 396 g/mol. The summed E-state index contributed by atoms with van der Waals surface area (Å²) in [5.41, 5.74) is 2.05. The van der Waals surface area contributed by atoms with E-state index < -0.39 is 0 Å². The summed E-state index contributed by atoms with van der Waals surface area (Å²) in [4.78, 5) is 22.1. The van der Waals surface area contributed by atoms with Crippen LogP contribution in [0.15, 0.2) is 36.7 Å². The minimum absolute atomic E-state index is 0.0141. The molecule has 2 aliphatic rings. The molecular weight excluding hydrogens is 368 g/mol. The van der Waals surface area contributed by atoms with Crippen molar-refractivity contribution in [1.29, 1.82) is 0 Å². The normalized spacial score (nSPS) is 19.7. The van der Waals surface area contributed by atoms with Gasteiger partial charge in [0.15, 0.2) is 0 Å². The van der Waals surface area contributed by atoms with E-state index in [0.717, 1.165) is 43.1 Å². The van der Waals surface area contributed by atoms with E-state index in [1.165, 1.54) is 19.8 Å². The predicted octanol–water partition coefficient (Wildman–Crippen LogP) is 3.12. The van der Waals surface area contributed by atoms with Crippen LogP contribution in [-0.4, -0.2) is 41.7 Å². The highest BCUT2D eigenvalue weighted by molar-refractivity contribution is 5.73. The van der Waals surface area contributed by atoms with Crippen LogP contribution in [0.2, 0.25) is 0 Å². The van der Waals surface area contributed by atoms with Gasteiger partial charge in [0.05, 0.1) is 37.3 Å². The fourth-order valence-corrected chi connectivity index (χ4v) is 3.50. The van der Waals surface area contributed by atoms with Gasteiger partial charge in [-0.3, -0.25) is 4.79 Å². The van der Waals surface area contributed by atoms with Gasteiger partial charge in [-0.05, 0) is 43.4 Å². The molecule has 1 aliphatic carbocycles. The highest BCUT2D eigenvalue weighted by Gasteiger charge is 2.25. The molecule has 1 aromatic carbocycles. The third kappa shape index (κ3) is 5.37. The molecule has 1 unspecified atom stereocenters. The molecule has 2 atom stereocenters. The predicted molar refractivity (Wildman–Crippen MR) is 110 cm³/mol. The molecule has 1 aromatic heterocycles. The number of amides is 1. The zero-order valence-corrected chi connectivity index (χ0v) is 17.0. The van der Waals surface area contributed by atoms with Crippen molar-refractivity contribution in [3.63, 3.8) is 0 Å². The molecule has 154 valence electrons. The van der Waals surface area contributed by atoms with Crippen LogP contribution >= 0.6 is 0 Å². The van der Waals surface area contributed by atoms with E-state index in [9.17, 15) is 4.79 Å². The number of aromatic nitrogens is 2. The molecule has 1 saturated carbocycles. The third-order valence-electron chi connectivity index (χ3n) is 5.37. The van der Waals surface area contributed by atoms with Gasteiger partial charge in [0.2, 0.25) is 5.91 Å². The van der Waals surface area contributed by atoms with E-state index in [1.54, 1.807) is 0 Å². The zero-order chi connectivity index (χ0) is 20.2. The maximum Gasteiger partial charge on any atom is 0.316 e. The number of ether oxygens (including phenoxy) is 2. The second-order valence-corrected chi connectivity index (χ2v) is 7.94. The quantitative estimate of drug-likeness (QED) is 0.739. The van der Waals surface area contributed by atoms with Crippen LogP contribution in [0.1, 0.15) is 44.7 Å². The van der Waals surface area contributed by atoms with E-state index in [4.69, 9.17) is 9.47 Å². The number of hydrogen-bond acceptors (Lipinski definition) is 6. The molecule has 1 aliphatic heterocycles. The lowest BCUT2D eigenvalue weighted by Gasteiger charge is -2.19. The first-order valence-corrected chi connectivity index (χ1v) is 10.3. The second kappa shape index (κ2) is 8.68. The van der Waals surface area contributed by atoms with E-state index in [0.29, 0.717) is 11.9 Å². The van der Waals surface area contributed by atoms with Gasteiger partial charge in [0.25, 0.3) is 0 Å². The Kier molecular flexibility index (Phi) is 5.83. The van der Waals surface area contributed by atoms with E-state index in [2.05, 4.69) is 20.2 Å². The van der Waals surface area contributed by atoms with Gasteiger partial charge >= 0.3 is 6.01 Å². The standard InChI is InChI=1S/C22H28N4O3/c1-15(25-16(2)27)18-5-7-20(8-6-18)29-21-9-10-26(13-21)19-11-23-22(24-12-19)28-14-17-3-4-17/h5-8,11-12,15,17,21H,3-4,9-10,13-14H2,1-2H3,(H,25,27)/t15-,21?/m0/s1. The molecule has 7 heteroatoms. The summed E-state index contributed by atoms with van der Waals surface area (Å²) in [6, 6.07) is 8.37. The number of anilines is 1. The lowest BCUT2D eigenvalue weighted by molar-refractivity contribution is -0.119. The number of nitrogens with one attached hydrogen (secondary N) is 1. The number of carbonyl (C=O) groups is 1. The highest BCUT2D eigenvalue weighted by atomic mass is 16.5. The molecular formula is C22H28N4O3. The van der Waals surface area contributed by atoms with Crippen molar-refractivity contribution in [3.8, 4) is 11.8 Å². The molecule has 7 nitrogen and oxygen atoms in total. The van der Waals surface area contributed by atoms with Gasteiger partial charge in [-0.2, -0.15) is 0 Å². The molecule has 1 saturated heterocycles. The van der Waals surface area contributed by atoms with Gasteiger partial charge in [-0.1, -0.05) is 12.1 Å². The first-order chi connectivity index (χ1) is 14.1. The van der Waals surface area contributed by atoms with Crippen LogP contribution in [-0.2, 0) is 4.79 Å². The van der Waals surface area contributed by atoms with Crippen molar-refractivity contribution >= 4 is 11.6 Å². The van der Waals surface area contributed by atoms with Crippen LogP contribution in [0.4, 0.5) is 5.69 Å². The summed E-state index contributed by atoms with van der Waals surface area (Å²) in [6.07, 6.45) is 7.24. The van der Waals surface area contributed by atoms with Crippen molar-refractivity contribution in [1.82, 2.24) is 15.3 Å². The Bertz CT molecular complexity index is 821. The van der Waals surface area contributed by atoms with Gasteiger partial charge in [-0.15, -0.1) is 0 Å².